The molecule has 0 N–H and O–H groups in total. The lowest BCUT2D eigenvalue weighted by atomic mass is 10.1. The lowest BCUT2D eigenvalue weighted by molar-refractivity contribution is 0.951. The zero-order chi connectivity index (χ0) is 20.3. The second-order valence-electron chi connectivity index (χ2n) is 7.59. The van der Waals surface area contributed by atoms with E-state index in [9.17, 15) is 4.79 Å². The summed E-state index contributed by atoms with van der Waals surface area (Å²) in [5.74, 6) is 0. The van der Waals surface area contributed by atoms with Crippen molar-refractivity contribution in [2.24, 2.45) is 0 Å². The zero-order valence-corrected chi connectivity index (χ0v) is 17.7. The van der Waals surface area contributed by atoms with Gasteiger partial charge in [-0.25, -0.2) is 9.38 Å². The minimum atomic E-state index is -0.00441. The SMILES string of the molecule is Cc1ccc(C)c(-n2c(C)cc(/C=c3\sc4nc5ccccc5n4c3=O)c2C)c1. The van der Waals surface area contributed by atoms with Gasteiger partial charge in [0.25, 0.3) is 5.56 Å². The quantitative estimate of drug-likeness (QED) is 0.439. The van der Waals surface area contributed by atoms with Crippen LogP contribution in [0.25, 0.3) is 27.8 Å². The maximum atomic E-state index is 13.1. The third kappa shape index (κ3) is 2.73. The van der Waals surface area contributed by atoms with Crippen molar-refractivity contribution in [3.8, 4) is 5.69 Å². The Morgan fingerprint density at radius 3 is 2.62 bits per heavy atom. The van der Waals surface area contributed by atoms with Gasteiger partial charge in [0.1, 0.15) is 0 Å². The summed E-state index contributed by atoms with van der Waals surface area (Å²) in [6.07, 6.45) is 2.00. The van der Waals surface area contributed by atoms with Gasteiger partial charge in [-0.1, -0.05) is 35.6 Å². The van der Waals surface area contributed by atoms with Crippen LogP contribution in [0.15, 0.2) is 53.3 Å². The molecule has 0 saturated carbocycles. The fourth-order valence-corrected chi connectivity index (χ4v) is 5.00. The van der Waals surface area contributed by atoms with Crippen LogP contribution in [0.1, 0.15) is 28.1 Å². The van der Waals surface area contributed by atoms with Crippen molar-refractivity contribution in [3.63, 3.8) is 0 Å². The Labute approximate surface area is 172 Å². The molecule has 5 heteroatoms. The van der Waals surface area contributed by atoms with Crippen molar-refractivity contribution in [2.75, 3.05) is 0 Å². The van der Waals surface area contributed by atoms with Gasteiger partial charge in [-0.2, -0.15) is 0 Å². The fourth-order valence-electron chi connectivity index (χ4n) is 4.02. The predicted molar refractivity (Wildman–Crippen MR) is 120 cm³/mol. The molecular formula is C24H21N3OS. The molecule has 0 spiro atoms. The molecule has 0 amide bonds. The number of aromatic nitrogens is 3. The first-order valence-corrected chi connectivity index (χ1v) is 10.4. The summed E-state index contributed by atoms with van der Waals surface area (Å²) in [6.45, 7) is 8.46. The third-order valence-corrected chi connectivity index (χ3v) is 6.48. The monoisotopic (exact) mass is 399 g/mol. The predicted octanol–water partition coefficient (Wildman–Crippen LogP) is 4.48. The first-order valence-electron chi connectivity index (χ1n) is 9.62. The summed E-state index contributed by atoms with van der Waals surface area (Å²) in [5.41, 5.74) is 8.72. The molecule has 0 atom stereocenters. The van der Waals surface area contributed by atoms with Gasteiger partial charge in [-0.15, -0.1) is 0 Å². The third-order valence-electron chi connectivity index (χ3n) is 5.51. The molecule has 3 aromatic heterocycles. The zero-order valence-electron chi connectivity index (χ0n) is 16.9. The number of thiazole rings is 1. The molecular weight excluding hydrogens is 378 g/mol. The first kappa shape index (κ1) is 17.9. The highest BCUT2D eigenvalue weighted by molar-refractivity contribution is 7.15. The molecule has 0 aliphatic carbocycles. The average molecular weight is 400 g/mol. The highest BCUT2D eigenvalue weighted by atomic mass is 32.1. The van der Waals surface area contributed by atoms with Crippen LogP contribution in [0.4, 0.5) is 0 Å². The molecule has 0 unspecified atom stereocenters. The van der Waals surface area contributed by atoms with Gasteiger partial charge in [0.05, 0.1) is 15.6 Å². The number of para-hydroxylation sites is 2. The van der Waals surface area contributed by atoms with E-state index < -0.39 is 0 Å². The van der Waals surface area contributed by atoms with E-state index in [4.69, 9.17) is 0 Å². The van der Waals surface area contributed by atoms with Crippen LogP contribution >= 0.6 is 11.3 Å². The van der Waals surface area contributed by atoms with Crippen molar-refractivity contribution in [3.05, 3.63) is 91.5 Å². The van der Waals surface area contributed by atoms with Crippen LogP contribution in [0.2, 0.25) is 0 Å². The Bertz CT molecular complexity index is 1520. The van der Waals surface area contributed by atoms with Gasteiger partial charge in [-0.3, -0.25) is 4.79 Å². The molecule has 3 heterocycles. The summed E-state index contributed by atoms with van der Waals surface area (Å²) in [4.78, 5) is 18.4. The summed E-state index contributed by atoms with van der Waals surface area (Å²) in [5, 5.41) is 0. The van der Waals surface area contributed by atoms with E-state index in [1.165, 1.54) is 28.2 Å². The summed E-state index contributed by atoms with van der Waals surface area (Å²) in [7, 11) is 0. The van der Waals surface area contributed by atoms with E-state index in [0.717, 1.165) is 32.9 Å². The minimum Gasteiger partial charge on any atom is -0.318 e. The van der Waals surface area contributed by atoms with Gasteiger partial charge in [0.15, 0.2) is 4.96 Å². The number of aryl methyl sites for hydroxylation is 3. The van der Waals surface area contributed by atoms with E-state index in [0.29, 0.717) is 4.53 Å². The van der Waals surface area contributed by atoms with E-state index in [1.54, 1.807) is 4.40 Å². The van der Waals surface area contributed by atoms with E-state index in [2.05, 4.69) is 61.5 Å². The van der Waals surface area contributed by atoms with Gasteiger partial charge in [-0.05, 0) is 74.7 Å². The summed E-state index contributed by atoms with van der Waals surface area (Å²) < 4.78 is 4.70. The highest BCUT2D eigenvalue weighted by Gasteiger charge is 2.14. The number of hydrogen-bond acceptors (Lipinski definition) is 3. The molecule has 0 bridgehead atoms. The number of fused-ring (bicyclic) bond motifs is 3. The molecule has 0 radical (unpaired) electrons. The lowest BCUT2D eigenvalue weighted by Crippen LogP contribution is -2.22. The smallest absolute Gasteiger partial charge is 0.274 e. The van der Waals surface area contributed by atoms with Crippen molar-refractivity contribution in [2.45, 2.75) is 27.7 Å². The molecule has 0 saturated heterocycles. The largest absolute Gasteiger partial charge is 0.318 e. The second kappa shape index (κ2) is 6.42. The molecule has 5 rings (SSSR count). The summed E-state index contributed by atoms with van der Waals surface area (Å²) >= 11 is 1.44. The van der Waals surface area contributed by atoms with Crippen LogP contribution in [0, 0.1) is 27.7 Å². The Hall–Kier alpha value is -3.18. The van der Waals surface area contributed by atoms with Crippen LogP contribution in [-0.2, 0) is 0 Å². The molecule has 144 valence electrons. The van der Waals surface area contributed by atoms with E-state index in [-0.39, 0.29) is 5.56 Å². The average Bonchev–Trinajstić information content (AvgIpc) is 3.29. The van der Waals surface area contributed by atoms with Crippen LogP contribution in [-0.4, -0.2) is 14.0 Å². The van der Waals surface area contributed by atoms with Crippen LogP contribution in [0.3, 0.4) is 0 Å². The number of hydrogen-bond donors (Lipinski definition) is 0. The molecule has 5 aromatic rings. The molecule has 0 fully saturated rings. The van der Waals surface area contributed by atoms with Crippen molar-refractivity contribution < 1.29 is 0 Å². The van der Waals surface area contributed by atoms with Gasteiger partial charge in [0, 0.05) is 17.1 Å². The topological polar surface area (TPSA) is 39.3 Å². The number of benzene rings is 2. The Morgan fingerprint density at radius 1 is 1.00 bits per heavy atom. The second-order valence-corrected chi connectivity index (χ2v) is 8.60. The molecule has 0 aliphatic heterocycles. The Kier molecular flexibility index (Phi) is 3.96. The molecule has 2 aromatic carbocycles. The summed E-state index contributed by atoms with van der Waals surface area (Å²) in [6, 6.07) is 16.4. The van der Waals surface area contributed by atoms with Crippen molar-refractivity contribution in [1.82, 2.24) is 14.0 Å². The van der Waals surface area contributed by atoms with Crippen LogP contribution in [0.5, 0.6) is 0 Å². The standard InChI is InChI=1S/C24H21N3OS/c1-14-9-10-15(2)21(11-14)26-16(3)12-18(17(26)4)13-22-23(28)27-20-8-6-5-7-19(20)25-24(27)29-22/h5-13H,1-4H3/b22-13-. The van der Waals surface area contributed by atoms with Gasteiger partial charge < -0.3 is 4.57 Å². The fraction of sp³-hybridized carbons (Fsp3) is 0.167. The molecule has 0 aliphatic rings. The van der Waals surface area contributed by atoms with Gasteiger partial charge in [0.2, 0.25) is 0 Å². The van der Waals surface area contributed by atoms with Crippen molar-refractivity contribution in [1.29, 1.82) is 0 Å². The number of nitrogens with zero attached hydrogens (tertiary/aromatic N) is 3. The Morgan fingerprint density at radius 2 is 1.79 bits per heavy atom. The number of imidazole rings is 1. The lowest BCUT2D eigenvalue weighted by Gasteiger charge is -2.13. The van der Waals surface area contributed by atoms with E-state index in [1.807, 2.05) is 30.3 Å². The van der Waals surface area contributed by atoms with Crippen molar-refractivity contribution >= 4 is 33.4 Å². The van der Waals surface area contributed by atoms with E-state index >= 15 is 0 Å². The first-order chi connectivity index (χ1) is 13.9. The normalized spacial score (nSPS) is 12.5. The van der Waals surface area contributed by atoms with Crippen LogP contribution < -0.4 is 10.1 Å². The number of rotatable bonds is 2. The molecule has 4 nitrogen and oxygen atoms in total. The maximum absolute atomic E-state index is 13.1. The minimum absolute atomic E-state index is 0.00441. The highest BCUT2D eigenvalue weighted by Crippen LogP contribution is 2.25. The van der Waals surface area contributed by atoms with Gasteiger partial charge >= 0.3 is 0 Å². The molecule has 29 heavy (non-hydrogen) atoms. The maximum Gasteiger partial charge on any atom is 0.274 e. The Balaban J connectivity index is 1.72.